The van der Waals surface area contributed by atoms with E-state index in [1.807, 2.05) is 0 Å². The molecule has 1 N–H and O–H groups in total. The van der Waals surface area contributed by atoms with Crippen LogP contribution >= 0.6 is 22.6 Å². The zero-order valence-corrected chi connectivity index (χ0v) is 13.3. The number of nitrogens with one attached hydrogen (secondary N) is 1. The minimum atomic E-state index is 0.340. The summed E-state index contributed by atoms with van der Waals surface area (Å²) in [7, 11) is 0. The highest BCUT2D eigenvalue weighted by Gasteiger charge is 2.11. The third kappa shape index (κ3) is 4.43. The number of aryl methyl sites for hydroxylation is 1. The number of halogens is 1. The van der Waals surface area contributed by atoms with Crippen molar-refractivity contribution in [3.05, 3.63) is 44.5 Å². The molecule has 0 spiro atoms. The van der Waals surface area contributed by atoms with E-state index in [0.717, 1.165) is 13.0 Å². The first-order valence-electron chi connectivity index (χ1n) is 6.19. The summed E-state index contributed by atoms with van der Waals surface area (Å²) in [5, 5.41) is 3.60. The lowest BCUT2D eigenvalue weighted by Gasteiger charge is -2.18. The van der Waals surface area contributed by atoms with Crippen LogP contribution in [0.2, 0.25) is 0 Å². The van der Waals surface area contributed by atoms with Gasteiger partial charge in [-0.1, -0.05) is 36.8 Å². The van der Waals surface area contributed by atoms with Gasteiger partial charge >= 0.3 is 0 Å². The van der Waals surface area contributed by atoms with Gasteiger partial charge in [-0.05, 0) is 67.5 Å². The first kappa shape index (κ1) is 14.7. The second kappa shape index (κ2) is 7.17. The molecule has 0 aliphatic heterocycles. The molecule has 1 atom stereocenters. The summed E-state index contributed by atoms with van der Waals surface area (Å²) < 4.78 is 1.37. The van der Waals surface area contributed by atoms with E-state index in [2.05, 4.69) is 79.9 Å². The fraction of sp³-hybridized carbons (Fsp3) is 0.467. The third-order valence-corrected chi connectivity index (χ3v) is 4.14. The highest BCUT2D eigenvalue weighted by atomic mass is 127. The number of hydrogen-bond acceptors (Lipinski definition) is 1. The molecule has 0 saturated carbocycles. The van der Waals surface area contributed by atoms with Crippen molar-refractivity contribution < 1.29 is 0 Å². The summed E-state index contributed by atoms with van der Waals surface area (Å²) in [6.45, 7) is 9.74. The highest BCUT2D eigenvalue weighted by molar-refractivity contribution is 14.1. The van der Waals surface area contributed by atoms with Gasteiger partial charge in [-0.15, -0.1) is 0 Å². The zero-order chi connectivity index (χ0) is 12.8. The van der Waals surface area contributed by atoms with Crippen molar-refractivity contribution in [1.82, 2.24) is 5.32 Å². The third-order valence-electron chi connectivity index (χ3n) is 2.67. The molecule has 94 valence electrons. The molecule has 1 rings (SSSR count). The molecule has 1 aromatic rings. The number of allylic oxidation sites excluding steroid dienone is 1. The van der Waals surface area contributed by atoms with Crippen LogP contribution in [0.4, 0.5) is 0 Å². The lowest BCUT2D eigenvalue weighted by Crippen LogP contribution is -2.21. The molecule has 17 heavy (non-hydrogen) atoms. The Morgan fingerprint density at radius 2 is 2.12 bits per heavy atom. The first-order valence-corrected chi connectivity index (χ1v) is 7.27. The molecule has 1 unspecified atom stereocenters. The zero-order valence-electron chi connectivity index (χ0n) is 11.2. The van der Waals surface area contributed by atoms with Crippen molar-refractivity contribution in [2.24, 2.45) is 0 Å². The quantitative estimate of drug-likeness (QED) is 0.608. The topological polar surface area (TPSA) is 12.0 Å². The van der Waals surface area contributed by atoms with Gasteiger partial charge in [-0.2, -0.15) is 0 Å². The molecular weight excluding hydrogens is 321 g/mol. The molecular formula is C15H22IN. The van der Waals surface area contributed by atoms with Gasteiger partial charge in [0.1, 0.15) is 0 Å². The molecule has 1 nitrogen and oxygen atoms in total. The second-order valence-corrected chi connectivity index (χ2v) is 5.73. The van der Waals surface area contributed by atoms with Gasteiger partial charge < -0.3 is 5.32 Å². The van der Waals surface area contributed by atoms with E-state index < -0.39 is 0 Å². The van der Waals surface area contributed by atoms with Gasteiger partial charge in [-0.3, -0.25) is 0 Å². The highest BCUT2D eigenvalue weighted by Crippen LogP contribution is 2.24. The van der Waals surface area contributed by atoms with Crippen LogP contribution in [0.15, 0.2) is 29.8 Å². The van der Waals surface area contributed by atoms with Gasteiger partial charge in [0.05, 0.1) is 6.04 Å². The van der Waals surface area contributed by atoms with Crippen molar-refractivity contribution in [3.8, 4) is 0 Å². The Hall–Kier alpha value is -0.350. The van der Waals surface area contributed by atoms with E-state index in [-0.39, 0.29) is 0 Å². The number of benzene rings is 1. The average Bonchev–Trinajstić information content (AvgIpc) is 2.28. The number of hydrogen-bond donors (Lipinski definition) is 1. The first-order chi connectivity index (χ1) is 8.06. The Balaban J connectivity index is 3.03. The largest absolute Gasteiger partial charge is 0.307 e. The molecule has 0 aliphatic rings. The van der Waals surface area contributed by atoms with Crippen molar-refractivity contribution in [2.45, 2.75) is 40.2 Å². The predicted octanol–water partition coefficient (Wildman–Crippen LogP) is 4.61. The molecule has 0 amide bonds. The average molecular weight is 343 g/mol. The van der Waals surface area contributed by atoms with Crippen molar-refractivity contribution >= 4 is 22.6 Å². The van der Waals surface area contributed by atoms with Crippen LogP contribution in [0.25, 0.3) is 0 Å². The normalized spacial score (nSPS) is 12.3. The Morgan fingerprint density at radius 1 is 1.41 bits per heavy atom. The number of rotatable bonds is 5. The maximum Gasteiger partial charge on any atom is 0.0519 e. The van der Waals surface area contributed by atoms with E-state index >= 15 is 0 Å². The summed E-state index contributed by atoms with van der Waals surface area (Å²) >= 11 is 2.45. The molecule has 0 fully saturated rings. The molecule has 0 heterocycles. The summed E-state index contributed by atoms with van der Waals surface area (Å²) in [6, 6.07) is 6.88. The molecule has 1 aromatic carbocycles. The monoisotopic (exact) mass is 343 g/mol. The van der Waals surface area contributed by atoms with Gasteiger partial charge in [0.15, 0.2) is 0 Å². The van der Waals surface area contributed by atoms with Crippen LogP contribution in [-0.4, -0.2) is 6.54 Å². The Labute approximate surface area is 119 Å². The maximum absolute atomic E-state index is 3.60. The van der Waals surface area contributed by atoms with Crippen LogP contribution in [0.3, 0.4) is 0 Å². The van der Waals surface area contributed by atoms with Crippen LogP contribution < -0.4 is 5.32 Å². The standard InChI is InChI=1S/C15H22IN/c1-5-9-17-14(10-11(2)3)13-8-6-7-12(4)15(13)16/h6-8,10,14,17H,5,9H2,1-4H3. The Morgan fingerprint density at radius 3 is 2.71 bits per heavy atom. The van der Waals surface area contributed by atoms with Crippen molar-refractivity contribution in [2.75, 3.05) is 6.54 Å². The SMILES string of the molecule is CCCNC(C=C(C)C)c1cccc(C)c1I. The van der Waals surface area contributed by atoms with Gasteiger partial charge in [0.2, 0.25) is 0 Å². The molecule has 0 radical (unpaired) electrons. The molecule has 0 bridgehead atoms. The Bertz CT molecular complexity index is 392. The summed E-state index contributed by atoms with van der Waals surface area (Å²) in [5.41, 5.74) is 4.10. The summed E-state index contributed by atoms with van der Waals surface area (Å²) in [6.07, 6.45) is 3.47. The molecule has 0 saturated heterocycles. The molecule has 0 aromatic heterocycles. The fourth-order valence-corrected chi connectivity index (χ4v) is 2.50. The summed E-state index contributed by atoms with van der Waals surface area (Å²) in [4.78, 5) is 0. The molecule has 2 heteroatoms. The predicted molar refractivity (Wildman–Crippen MR) is 84.4 cm³/mol. The van der Waals surface area contributed by atoms with Crippen LogP contribution in [0.1, 0.15) is 44.4 Å². The lowest BCUT2D eigenvalue weighted by atomic mass is 10.0. The van der Waals surface area contributed by atoms with E-state index in [9.17, 15) is 0 Å². The van der Waals surface area contributed by atoms with E-state index in [1.54, 1.807) is 0 Å². The minimum Gasteiger partial charge on any atom is -0.307 e. The summed E-state index contributed by atoms with van der Waals surface area (Å²) in [5.74, 6) is 0. The van der Waals surface area contributed by atoms with Crippen molar-refractivity contribution in [3.63, 3.8) is 0 Å². The van der Waals surface area contributed by atoms with Gasteiger partial charge in [-0.25, -0.2) is 0 Å². The van der Waals surface area contributed by atoms with Crippen LogP contribution in [-0.2, 0) is 0 Å². The molecule has 0 aliphatic carbocycles. The second-order valence-electron chi connectivity index (χ2n) is 4.65. The van der Waals surface area contributed by atoms with Crippen LogP contribution in [0, 0.1) is 10.5 Å². The fourth-order valence-electron chi connectivity index (χ4n) is 1.80. The Kier molecular flexibility index (Phi) is 6.20. The lowest BCUT2D eigenvalue weighted by molar-refractivity contribution is 0.608. The van der Waals surface area contributed by atoms with E-state index in [1.165, 1.54) is 20.3 Å². The van der Waals surface area contributed by atoms with Gasteiger partial charge in [0, 0.05) is 3.57 Å². The minimum absolute atomic E-state index is 0.340. The van der Waals surface area contributed by atoms with Crippen molar-refractivity contribution in [1.29, 1.82) is 0 Å². The van der Waals surface area contributed by atoms with Crippen LogP contribution in [0.5, 0.6) is 0 Å². The van der Waals surface area contributed by atoms with E-state index in [0.29, 0.717) is 6.04 Å². The maximum atomic E-state index is 3.60. The van der Waals surface area contributed by atoms with Gasteiger partial charge in [0.25, 0.3) is 0 Å². The smallest absolute Gasteiger partial charge is 0.0519 e. The van der Waals surface area contributed by atoms with E-state index in [4.69, 9.17) is 0 Å².